The Balaban J connectivity index is 1.61. The van der Waals surface area contributed by atoms with Gasteiger partial charge in [-0.25, -0.2) is 12.7 Å². The van der Waals surface area contributed by atoms with Crippen molar-refractivity contribution in [3.05, 3.63) is 65.7 Å². The molecular weight excluding hydrogens is 450 g/mol. The third kappa shape index (κ3) is 7.40. The van der Waals surface area contributed by atoms with Gasteiger partial charge in [-0.2, -0.15) is 0 Å². The molecule has 2 amide bonds. The molecule has 184 valence electrons. The van der Waals surface area contributed by atoms with Gasteiger partial charge in [0.15, 0.2) is 0 Å². The normalized spacial score (nSPS) is 17.2. The molecule has 34 heavy (non-hydrogen) atoms. The van der Waals surface area contributed by atoms with Crippen LogP contribution in [0.25, 0.3) is 0 Å². The van der Waals surface area contributed by atoms with Crippen LogP contribution in [0.15, 0.2) is 54.6 Å². The Morgan fingerprint density at radius 2 is 1.71 bits per heavy atom. The molecule has 0 aliphatic carbocycles. The summed E-state index contributed by atoms with van der Waals surface area (Å²) in [7, 11) is -3.45. The fourth-order valence-corrected chi connectivity index (χ4v) is 5.66. The largest absolute Gasteiger partial charge is 0.347 e. The van der Waals surface area contributed by atoms with Crippen LogP contribution in [0.3, 0.4) is 0 Å². The van der Waals surface area contributed by atoms with Crippen LogP contribution in [0.5, 0.6) is 0 Å². The molecule has 0 spiro atoms. The van der Waals surface area contributed by atoms with E-state index in [0.29, 0.717) is 43.5 Å². The predicted molar refractivity (Wildman–Crippen MR) is 135 cm³/mol. The number of anilines is 1. The number of benzene rings is 2. The van der Waals surface area contributed by atoms with E-state index in [1.165, 1.54) is 4.31 Å². The van der Waals surface area contributed by atoms with Crippen LogP contribution in [0.4, 0.5) is 5.69 Å². The molecule has 0 unspecified atom stereocenters. The second-order valence-corrected chi connectivity index (χ2v) is 11.9. The van der Waals surface area contributed by atoms with Gasteiger partial charge < -0.3 is 10.6 Å². The molecule has 1 saturated heterocycles. The lowest BCUT2D eigenvalue weighted by Gasteiger charge is -2.31. The van der Waals surface area contributed by atoms with Gasteiger partial charge in [0.2, 0.25) is 15.9 Å². The number of sulfonamides is 1. The second-order valence-electron chi connectivity index (χ2n) is 9.84. The van der Waals surface area contributed by atoms with E-state index in [1.54, 1.807) is 24.3 Å². The molecule has 1 aliphatic rings. The van der Waals surface area contributed by atoms with Crippen LogP contribution in [0, 0.1) is 5.92 Å². The summed E-state index contributed by atoms with van der Waals surface area (Å²) in [5, 5.41) is 5.77. The van der Waals surface area contributed by atoms with Crippen molar-refractivity contribution in [3.8, 4) is 0 Å². The zero-order valence-electron chi connectivity index (χ0n) is 20.2. The Hall–Kier alpha value is -2.71. The van der Waals surface area contributed by atoms with Gasteiger partial charge in [-0.3, -0.25) is 9.59 Å². The first kappa shape index (κ1) is 25.9. The molecule has 2 aromatic rings. The lowest BCUT2D eigenvalue weighted by atomic mass is 9.98. The molecule has 3 rings (SSSR count). The molecule has 1 atom stereocenters. The second kappa shape index (κ2) is 11.1. The molecule has 1 fully saturated rings. The van der Waals surface area contributed by atoms with E-state index in [0.717, 1.165) is 5.56 Å². The summed E-state index contributed by atoms with van der Waals surface area (Å²) in [5.41, 5.74) is 1.51. The number of carbonyl (C=O) groups is 2. The first-order valence-electron chi connectivity index (χ1n) is 11.8. The van der Waals surface area contributed by atoms with Gasteiger partial charge in [0.1, 0.15) is 0 Å². The number of hydrogen-bond donors (Lipinski definition) is 2. The molecule has 2 aromatic carbocycles. The van der Waals surface area contributed by atoms with Crippen molar-refractivity contribution in [2.24, 2.45) is 5.92 Å². The third-order valence-electron chi connectivity index (χ3n) is 5.78. The molecule has 1 heterocycles. The molecule has 0 saturated carbocycles. The Morgan fingerprint density at radius 1 is 1.03 bits per heavy atom. The molecule has 0 bridgehead atoms. The topological polar surface area (TPSA) is 95.6 Å². The smallest absolute Gasteiger partial charge is 0.253 e. The fourth-order valence-electron chi connectivity index (χ4n) is 4.07. The van der Waals surface area contributed by atoms with Gasteiger partial charge in [0, 0.05) is 18.6 Å². The number of rotatable bonds is 8. The van der Waals surface area contributed by atoms with Crippen LogP contribution in [-0.4, -0.2) is 48.9 Å². The molecule has 2 N–H and O–H groups in total. The minimum absolute atomic E-state index is 0.0615. The standard InChI is InChI=1S/C26H35N3O4S/c1-26(2,3)28-25(31)22-15-7-8-16-23(22)27-24(30)21-14-9-17-29(19-21)34(32,33)18-10-13-20-11-5-4-6-12-20/h4-8,11-12,15-16,21H,9-10,13-14,17-19H2,1-3H3,(H,27,30)(H,28,31)/t21-/m1/s1. The first-order chi connectivity index (χ1) is 16.0. The van der Waals surface area contributed by atoms with E-state index in [-0.39, 0.29) is 24.1 Å². The highest BCUT2D eigenvalue weighted by Crippen LogP contribution is 2.23. The van der Waals surface area contributed by atoms with Crippen molar-refractivity contribution in [1.82, 2.24) is 9.62 Å². The Labute approximate surface area is 203 Å². The predicted octanol–water partition coefficient (Wildman–Crippen LogP) is 3.83. The van der Waals surface area contributed by atoms with Crippen molar-refractivity contribution in [2.75, 3.05) is 24.2 Å². The Kier molecular flexibility index (Phi) is 8.49. The summed E-state index contributed by atoms with van der Waals surface area (Å²) < 4.78 is 27.3. The van der Waals surface area contributed by atoms with Crippen molar-refractivity contribution in [3.63, 3.8) is 0 Å². The van der Waals surface area contributed by atoms with Crippen molar-refractivity contribution < 1.29 is 18.0 Å². The number of aryl methyl sites for hydroxylation is 1. The van der Waals surface area contributed by atoms with Gasteiger partial charge in [0.25, 0.3) is 5.91 Å². The molecule has 0 radical (unpaired) electrons. The zero-order chi connectivity index (χ0) is 24.8. The summed E-state index contributed by atoms with van der Waals surface area (Å²) in [6.07, 6.45) is 2.47. The number of amides is 2. The van der Waals surface area contributed by atoms with E-state index >= 15 is 0 Å². The number of piperidine rings is 1. The van der Waals surface area contributed by atoms with Gasteiger partial charge in [-0.05, 0) is 64.2 Å². The van der Waals surface area contributed by atoms with E-state index in [4.69, 9.17) is 0 Å². The number of nitrogens with zero attached hydrogens (tertiary/aromatic N) is 1. The third-order valence-corrected chi connectivity index (χ3v) is 7.70. The van der Waals surface area contributed by atoms with Crippen LogP contribution >= 0.6 is 0 Å². The van der Waals surface area contributed by atoms with Crippen molar-refractivity contribution in [1.29, 1.82) is 0 Å². The summed E-state index contributed by atoms with van der Waals surface area (Å²) in [6, 6.07) is 16.7. The number of hydrogen-bond acceptors (Lipinski definition) is 4. The maximum absolute atomic E-state index is 13.0. The average Bonchev–Trinajstić information content (AvgIpc) is 2.79. The molecule has 0 aromatic heterocycles. The fraction of sp³-hybridized carbons (Fsp3) is 0.462. The van der Waals surface area contributed by atoms with E-state index < -0.39 is 21.5 Å². The highest BCUT2D eigenvalue weighted by Gasteiger charge is 2.32. The maximum Gasteiger partial charge on any atom is 0.253 e. The molecule has 1 aliphatic heterocycles. The van der Waals surface area contributed by atoms with E-state index in [9.17, 15) is 18.0 Å². The van der Waals surface area contributed by atoms with Gasteiger partial charge in [-0.1, -0.05) is 42.5 Å². The minimum atomic E-state index is -3.45. The maximum atomic E-state index is 13.0. The lowest BCUT2D eigenvalue weighted by molar-refractivity contribution is -0.120. The van der Waals surface area contributed by atoms with Gasteiger partial charge >= 0.3 is 0 Å². The average molecular weight is 486 g/mol. The number of para-hydroxylation sites is 1. The van der Waals surface area contributed by atoms with Gasteiger partial charge in [-0.15, -0.1) is 0 Å². The van der Waals surface area contributed by atoms with E-state index in [1.807, 2.05) is 51.1 Å². The minimum Gasteiger partial charge on any atom is -0.347 e. The Bertz CT molecular complexity index is 1090. The van der Waals surface area contributed by atoms with Gasteiger partial charge in [0.05, 0.1) is 22.9 Å². The number of nitrogens with one attached hydrogen (secondary N) is 2. The molecule has 8 heteroatoms. The summed E-state index contributed by atoms with van der Waals surface area (Å²) >= 11 is 0. The van der Waals surface area contributed by atoms with E-state index in [2.05, 4.69) is 10.6 Å². The van der Waals surface area contributed by atoms with Crippen LogP contribution < -0.4 is 10.6 Å². The first-order valence-corrected chi connectivity index (χ1v) is 13.4. The van der Waals surface area contributed by atoms with Crippen LogP contribution in [-0.2, 0) is 21.2 Å². The van der Waals surface area contributed by atoms with Crippen molar-refractivity contribution >= 4 is 27.5 Å². The quantitative estimate of drug-likeness (QED) is 0.594. The SMILES string of the molecule is CC(C)(C)NC(=O)c1ccccc1NC(=O)[C@@H]1CCCN(S(=O)(=O)CCCc2ccccc2)C1. The highest BCUT2D eigenvalue weighted by atomic mass is 32.2. The molecular formula is C26H35N3O4S. The summed E-state index contributed by atoms with van der Waals surface area (Å²) in [4.78, 5) is 25.7. The monoisotopic (exact) mass is 485 g/mol. The zero-order valence-corrected chi connectivity index (χ0v) is 21.0. The Morgan fingerprint density at radius 3 is 2.41 bits per heavy atom. The van der Waals surface area contributed by atoms with Crippen molar-refractivity contribution in [2.45, 2.75) is 52.0 Å². The summed E-state index contributed by atoms with van der Waals surface area (Å²) in [6.45, 7) is 6.27. The molecule has 7 nitrogen and oxygen atoms in total. The lowest BCUT2D eigenvalue weighted by Crippen LogP contribution is -2.45. The number of carbonyl (C=O) groups excluding carboxylic acids is 2. The highest BCUT2D eigenvalue weighted by molar-refractivity contribution is 7.89. The van der Waals surface area contributed by atoms with Crippen LogP contribution in [0.2, 0.25) is 0 Å². The van der Waals surface area contributed by atoms with Crippen LogP contribution in [0.1, 0.15) is 56.0 Å². The summed E-state index contributed by atoms with van der Waals surface area (Å²) in [5.74, 6) is -0.933.